The Hall–Kier alpha value is -2.13. The van der Waals surface area contributed by atoms with Gasteiger partial charge >= 0.3 is 5.97 Å². The second kappa shape index (κ2) is 5.88. The molecule has 0 saturated heterocycles. The Bertz CT molecular complexity index is 625. The van der Waals surface area contributed by atoms with E-state index in [2.05, 4.69) is 18.3 Å². The minimum Gasteiger partial charge on any atom is -0.478 e. The Balaban J connectivity index is 2.23. The van der Waals surface area contributed by atoms with Crippen LogP contribution in [0.3, 0.4) is 0 Å². The highest BCUT2D eigenvalue weighted by atomic mass is 32.1. The summed E-state index contributed by atoms with van der Waals surface area (Å²) in [4.78, 5) is 23.1. The number of nitrogens with zero attached hydrogens (tertiary/aromatic N) is 1. The van der Waals surface area contributed by atoms with Crippen LogP contribution in [0.1, 0.15) is 29.3 Å². The van der Waals surface area contributed by atoms with E-state index in [9.17, 15) is 14.9 Å². The lowest BCUT2D eigenvalue weighted by atomic mass is 9.88. The molecule has 104 valence electrons. The van der Waals surface area contributed by atoms with Gasteiger partial charge in [-0.3, -0.25) is 4.79 Å². The van der Waals surface area contributed by atoms with Crippen molar-refractivity contribution in [3.05, 3.63) is 28.2 Å². The van der Waals surface area contributed by atoms with Crippen LogP contribution in [0.5, 0.6) is 0 Å². The smallest absolute Gasteiger partial charge is 0.328 e. The molecule has 0 saturated carbocycles. The van der Waals surface area contributed by atoms with Crippen LogP contribution in [0.15, 0.2) is 12.2 Å². The van der Waals surface area contributed by atoms with E-state index < -0.39 is 11.9 Å². The summed E-state index contributed by atoms with van der Waals surface area (Å²) in [5, 5.41) is 20.9. The Labute approximate surface area is 120 Å². The van der Waals surface area contributed by atoms with E-state index in [0.717, 1.165) is 41.9 Å². The third-order valence-corrected chi connectivity index (χ3v) is 4.44. The van der Waals surface area contributed by atoms with Crippen LogP contribution >= 0.6 is 11.3 Å². The molecule has 0 aliphatic heterocycles. The van der Waals surface area contributed by atoms with Crippen LogP contribution in [0.25, 0.3) is 0 Å². The largest absolute Gasteiger partial charge is 0.478 e. The van der Waals surface area contributed by atoms with Gasteiger partial charge in [0.15, 0.2) is 0 Å². The summed E-state index contributed by atoms with van der Waals surface area (Å²) in [5.74, 6) is -1.17. The minimum absolute atomic E-state index is 0.520. The fourth-order valence-electron chi connectivity index (χ4n) is 2.26. The quantitative estimate of drug-likeness (QED) is 0.836. The molecule has 1 aliphatic carbocycles. The van der Waals surface area contributed by atoms with Gasteiger partial charge in [-0.25, -0.2) is 4.79 Å². The molecule has 1 aromatic rings. The first-order valence-corrected chi connectivity index (χ1v) is 7.09. The van der Waals surface area contributed by atoms with Crippen LogP contribution in [-0.4, -0.2) is 17.0 Å². The van der Waals surface area contributed by atoms with Gasteiger partial charge in [0.1, 0.15) is 11.1 Å². The van der Waals surface area contributed by atoms with Crippen LogP contribution in [0, 0.1) is 17.2 Å². The Kier molecular flexibility index (Phi) is 4.20. The van der Waals surface area contributed by atoms with Gasteiger partial charge in [-0.2, -0.15) is 5.26 Å². The fraction of sp³-hybridized carbons (Fsp3) is 0.357. The molecule has 2 rings (SSSR count). The van der Waals surface area contributed by atoms with Crippen molar-refractivity contribution in [3.8, 4) is 6.07 Å². The Morgan fingerprint density at radius 1 is 1.50 bits per heavy atom. The molecule has 0 bridgehead atoms. The monoisotopic (exact) mass is 290 g/mol. The normalized spacial score (nSPS) is 17.5. The van der Waals surface area contributed by atoms with Gasteiger partial charge in [0.2, 0.25) is 5.91 Å². The van der Waals surface area contributed by atoms with Gasteiger partial charge in [-0.1, -0.05) is 6.92 Å². The molecule has 5 nitrogen and oxygen atoms in total. The van der Waals surface area contributed by atoms with Crippen LogP contribution < -0.4 is 5.32 Å². The number of fused-ring (bicyclic) bond motifs is 1. The second-order valence-electron chi connectivity index (χ2n) is 4.83. The predicted molar refractivity (Wildman–Crippen MR) is 75.6 cm³/mol. The van der Waals surface area contributed by atoms with E-state index in [0.29, 0.717) is 16.5 Å². The zero-order valence-electron chi connectivity index (χ0n) is 11.0. The van der Waals surface area contributed by atoms with Crippen LogP contribution in [-0.2, 0) is 22.4 Å². The number of hydrogen-bond donors (Lipinski definition) is 2. The van der Waals surface area contributed by atoms with E-state index in [-0.39, 0.29) is 0 Å². The number of carboxylic acid groups (broad SMARTS) is 1. The lowest BCUT2D eigenvalue weighted by Crippen LogP contribution is -2.10. The molecule has 1 aliphatic rings. The molecule has 0 spiro atoms. The molecular formula is C14H14N2O3S. The number of carboxylic acids is 1. The molecule has 1 amide bonds. The maximum Gasteiger partial charge on any atom is 0.328 e. The number of aryl methyl sites for hydroxylation is 1. The third kappa shape index (κ3) is 3.06. The number of hydrogen-bond acceptors (Lipinski definition) is 4. The molecule has 1 aromatic heterocycles. The molecule has 0 radical (unpaired) electrons. The van der Waals surface area contributed by atoms with Gasteiger partial charge in [0.25, 0.3) is 0 Å². The molecule has 1 atom stereocenters. The highest BCUT2D eigenvalue weighted by Gasteiger charge is 2.24. The van der Waals surface area contributed by atoms with Crippen molar-refractivity contribution in [2.75, 3.05) is 5.32 Å². The van der Waals surface area contributed by atoms with Gasteiger partial charge in [0, 0.05) is 17.0 Å². The van der Waals surface area contributed by atoms with Crippen molar-refractivity contribution in [1.82, 2.24) is 0 Å². The summed E-state index contributed by atoms with van der Waals surface area (Å²) in [6.07, 6.45) is 4.60. The molecule has 1 unspecified atom stereocenters. The van der Waals surface area contributed by atoms with Gasteiger partial charge in [0.05, 0.1) is 5.56 Å². The Morgan fingerprint density at radius 2 is 2.25 bits per heavy atom. The van der Waals surface area contributed by atoms with Crippen molar-refractivity contribution in [1.29, 1.82) is 5.26 Å². The summed E-state index contributed by atoms with van der Waals surface area (Å²) in [5.41, 5.74) is 1.56. The average Bonchev–Trinajstić information content (AvgIpc) is 2.72. The first-order valence-electron chi connectivity index (χ1n) is 6.28. The second-order valence-corrected chi connectivity index (χ2v) is 5.93. The van der Waals surface area contributed by atoms with E-state index in [1.807, 2.05) is 0 Å². The molecule has 0 fully saturated rings. The summed E-state index contributed by atoms with van der Waals surface area (Å²) in [7, 11) is 0. The summed E-state index contributed by atoms with van der Waals surface area (Å²) in [6, 6.07) is 2.15. The SMILES string of the molecule is CC1CCc2sc(NC(=O)/C=C/C(=O)O)c(C#N)c2C1. The number of amides is 1. The number of carbonyl (C=O) groups is 2. The maximum absolute atomic E-state index is 11.6. The summed E-state index contributed by atoms with van der Waals surface area (Å²) < 4.78 is 0. The highest BCUT2D eigenvalue weighted by molar-refractivity contribution is 7.16. The number of rotatable bonds is 3. The number of nitrogens with one attached hydrogen (secondary N) is 1. The van der Waals surface area contributed by atoms with Crippen LogP contribution in [0.4, 0.5) is 5.00 Å². The van der Waals surface area contributed by atoms with Gasteiger partial charge in [-0.15, -0.1) is 11.3 Å². The number of aliphatic carboxylic acids is 1. The maximum atomic E-state index is 11.6. The van der Waals surface area contributed by atoms with Crippen LogP contribution in [0.2, 0.25) is 0 Å². The fourth-order valence-corrected chi connectivity index (χ4v) is 3.46. The summed E-state index contributed by atoms with van der Waals surface area (Å²) in [6.45, 7) is 2.15. The topological polar surface area (TPSA) is 90.2 Å². The average molecular weight is 290 g/mol. The van der Waals surface area contributed by atoms with E-state index in [1.54, 1.807) is 0 Å². The number of thiophene rings is 1. The van der Waals surface area contributed by atoms with Gasteiger partial charge in [-0.05, 0) is 30.7 Å². The molecular weight excluding hydrogens is 276 g/mol. The zero-order chi connectivity index (χ0) is 14.7. The molecule has 1 heterocycles. The number of nitriles is 1. The molecule has 2 N–H and O–H groups in total. The molecule has 0 aromatic carbocycles. The van der Waals surface area contributed by atoms with E-state index in [1.165, 1.54) is 11.3 Å². The van der Waals surface area contributed by atoms with E-state index >= 15 is 0 Å². The van der Waals surface area contributed by atoms with Gasteiger partial charge < -0.3 is 10.4 Å². The first kappa shape index (κ1) is 14.3. The third-order valence-electron chi connectivity index (χ3n) is 3.23. The van der Waals surface area contributed by atoms with Crippen molar-refractivity contribution in [2.45, 2.75) is 26.2 Å². The zero-order valence-corrected chi connectivity index (χ0v) is 11.8. The minimum atomic E-state index is -1.18. The lowest BCUT2D eigenvalue weighted by molar-refractivity contribution is -0.131. The van der Waals surface area contributed by atoms with Crippen molar-refractivity contribution < 1.29 is 14.7 Å². The van der Waals surface area contributed by atoms with Crippen molar-refractivity contribution >= 4 is 28.2 Å². The molecule has 20 heavy (non-hydrogen) atoms. The molecule has 6 heteroatoms. The standard InChI is InChI=1S/C14H14N2O3S/c1-8-2-3-11-9(6-8)10(7-15)14(20-11)16-12(17)4-5-13(18)19/h4-5,8H,2-3,6H2,1H3,(H,16,17)(H,18,19)/b5-4+. The lowest BCUT2D eigenvalue weighted by Gasteiger charge is -2.17. The predicted octanol–water partition coefficient (Wildman–Crippen LogP) is 2.32. The Morgan fingerprint density at radius 3 is 2.90 bits per heavy atom. The van der Waals surface area contributed by atoms with Crippen molar-refractivity contribution in [3.63, 3.8) is 0 Å². The first-order chi connectivity index (χ1) is 9.51. The number of anilines is 1. The highest BCUT2D eigenvalue weighted by Crippen LogP contribution is 2.39. The van der Waals surface area contributed by atoms with Crippen molar-refractivity contribution in [2.24, 2.45) is 5.92 Å². The summed E-state index contributed by atoms with van der Waals surface area (Å²) >= 11 is 1.42. The van der Waals surface area contributed by atoms with E-state index in [4.69, 9.17) is 5.11 Å². The number of carbonyl (C=O) groups excluding carboxylic acids is 1.